The summed E-state index contributed by atoms with van der Waals surface area (Å²) in [6.45, 7) is 7.32. The van der Waals surface area contributed by atoms with Gasteiger partial charge in [0.15, 0.2) is 0 Å². The summed E-state index contributed by atoms with van der Waals surface area (Å²) in [5, 5.41) is 6.21. The highest BCUT2D eigenvalue weighted by molar-refractivity contribution is 5.82. The second-order valence-electron chi connectivity index (χ2n) is 5.42. The van der Waals surface area contributed by atoms with Gasteiger partial charge in [0.05, 0.1) is 0 Å². The second kappa shape index (κ2) is 5.32. The first-order valence-electron chi connectivity index (χ1n) is 6.24. The van der Waals surface area contributed by atoms with Crippen LogP contribution in [0, 0.1) is 6.92 Å². The minimum Gasteiger partial charge on any atom is -0.443 e. The van der Waals surface area contributed by atoms with Gasteiger partial charge in [-0.25, -0.2) is 10.1 Å². The summed E-state index contributed by atoms with van der Waals surface area (Å²) in [7, 11) is 0. The van der Waals surface area contributed by atoms with Crippen molar-refractivity contribution in [2.24, 2.45) is 0 Å². The number of aryl methyl sites for hydroxylation is 1. The molecule has 0 aliphatic rings. The van der Waals surface area contributed by atoms with Crippen LogP contribution in [0.5, 0.6) is 0 Å². The maximum atomic E-state index is 11.6. The highest BCUT2D eigenvalue weighted by Crippen LogP contribution is 2.18. The monoisotopic (exact) mass is 275 g/mol. The molecular weight excluding hydrogens is 258 g/mol. The van der Waals surface area contributed by atoms with E-state index in [1.165, 1.54) is 0 Å². The Morgan fingerprint density at radius 3 is 2.50 bits per heavy atom. The molecule has 0 fully saturated rings. The van der Waals surface area contributed by atoms with Gasteiger partial charge in [0, 0.05) is 5.56 Å². The van der Waals surface area contributed by atoms with Gasteiger partial charge in [-0.05, 0) is 27.7 Å². The lowest BCUT2D eigenvalue weighted by Crippen LogP contribution is -2.27. The standard InChI is InChI=1S/C14H17N3O3/c1-9-5-7-10(8-6-9)11-15-12(20-17-11)16-13(18)19-14(2,3)4/h5-8H,1-4H3,(H,15,16,17,18). The molecule has 0 saturated carbocycles. The Morgan fingerprint density at radius 2 is 1.90 bits per heavy atom. The lowest BCUT2D eigenvalue weighted by molar-refractivity contribution is 0.0631. The van der Waals surface area contributed by atoms with Gasteiger partial charge >= 0.3 is 12.1 Å². The molecule has 106 valence electrons. The number of amides is 1. The average Bonchev–Trinajstić information content (AvgIpc) is 2.75. The van der Waals surface area contributed by atoms with E-state index in [0.717, 1.165) is 11.1 Å². The number of hydrogen-bond acceptors (Lipinski definition) is 5. The largest absolute Gasteiger partial charge is 0.443 e. The fourth-order valence-corrected chi connectivity index (χ4v) is 1.49. The van der Waals surface area contributed by atoms with Crippen molar-refractivity contribution in [1.29, 1.82) is 0 Å². The molecule has 2 rings (SSSR count). The maximum Gasteiger partial charge on any atom is 0.415 e. The van der Waals surface area contributed by atoms with E-state index in [4.69, 9.17) is 9.26 Å². The SMILES string of the molecule is Cc1ccc(-c2noc(NC(=O)OC(C)(C)C)n2)cc1. The first-order valence-corrected chi connectivity index (χ1v) is 6.24. The van der Waals surface area contributed by atoms with Crippen LogP contribution in [0.15, 0.2) is 28.8 Å². The number of aromatic nitrogens is 2. The molecule has 1 aromatic carbocycles. The third kappa shape index (κ3) is 3.81. The molecule has 0 saturated heterocycles. The molecule has 6 nitrogen and oxygen atoms in total. The Morgan fingerprint density at radius 1 is 1.25 bits per heavy atom. The smallest absolute Gasteiger partial charge is 0.415 e. The molecule has 2 aromatic rings. The predicted molar refractivity (Wildman–Crippen MR) is 74.3 cm³/mol. The predicted octanol–water partition coefficient (Wildman–Crippen LogP) is 3.39. The zero-order chi connectivity index (χ0) is 14.8. The van der Waals surface area contributed by atoms with Crippen molar-refractivity contribution in [3.8, 4) is 11.4 Å². The Bertz CT molecular complexity index is 597. The molecule has 1 aromatic heterocycles. The molecule has 0 unspecified atom stereocenters. The van der Waals surface area contributed by atoms with Crippen molar-refractivity contribution in [2.45, 2.75) is 33.3 Å². The first kappa shape index (κ1) is 14.0. The summed E-state index contributed by atoms with van der Waals surface area (Å²) in [6, 6.07) is 7.68. The van der Waals surface area contributed by atoms with Crippen LogP contribution < -0.4 is 5.32 Å². The van der Waals surface area contributed by atoms with Gasteiger partial charge in [0.25, 0.3) is 0 Å². The van der Waals surface area contributed by atoms with Gasteiger partial charge in [-0.1, -0.05) is 35.0 Å². The zero-order valence-electron chi connectivity index (χ0n) is 11.9. The number of carbonyl (C=O) groups excluding carboxylic acids is 1. The van der Waals surface area contributed by atoms with E-state index in [0.29, 0.717) is 5.82 Å². The van der Waals surface area contributed by atoms with E-state index in [1.807, 2.05) is 31.2 Å². The van der Waals surface area contributed by atoms with Crippen LogP contribution in [-0.4, -0.2) is 21.8 Å². The molecule has 0 aliphatic heterocycles. The van der Waals surface area contributed by atoms with Crippen molar-refractivity contribution in [3.63, 3.8) is 0 Å². The molecule has 0 atom stereocenters. The van der Waals surface area contributed by atoms with Crippen LogP contribution in [0.3, 0.4) is 0 Å². The Kier molecular flexibility index (Phi) is 3.74. The topological polar surface area (TPSA) is 77.2 Å². The number of rotatable bonds is 2. The van der Waals surface area contributed by atoms with Crippen LogP contribution in [0.2, 0.25) is 0 Å². The number of benzene rings is 1. The molecular formula is C14H17N3O3. The molecule has 0 bridgehead atoms. The first-order chi connectivity index (χ1) is 9.33. The van der Waals surface area contributed by atoms with Gasteiger partial charge in [-0.2, -0.15) is 4.98 Å². The Balaban J connectivity index is 2.06. The summed E-state index contributed by atoms with van der Waals surface area (Å²) < 4.78 is 10.1. The van der Waals surface area contributed by atoms with Gasteiger partial charge in [-0.3, -0.25) is 0 Å². The summed E-state index contributed by atoms with van der Waals surface area (Å²) in [6.07, 6.45) is -0.628. The van der Waals surface area contributed by atoms with Gasteiger partial charge in [0.2, 0.25) is 5.82 Å². The second-order valence-corrected chi connectivity index (χ2v) is 5.42. The highest BCUT2D eigenvalue weighted by Gasteiger charge is 2.18. The Labute approximate surface area is 117 Å². The van der Waals surface area contributed by atoms with Crippen LogP contribution >= 0.6 is 0 Å². The average molecular weight is 275 g/mol. The Hall–Kier alpha value is -2.37. The van der Waals surface area contributed by atoms with E-state index in [-0.39, 0.29) is 6.01 Å². The number of carbonyl (C=O) groups is 1. The van der Waals surface area contributed by atoms with Gasteiger partial charge in [0.1, 0.15) is 5.60 Å². The van der Waals surface area contributed by atoms with E-state index < -0.39 is 11.7 Å². The van der Waals surface area contributed by atoms with E-state index >= 15 is 0 Å². The number of nitrogens with one attached hydrogen (secondary N) is 1. The van der Waals surface area contributed by atoms with E-state index in [9.17, 15) is 4.79 Å². The number of nitrogens with zero attached hydrogens (tertiary/aromatic N) is 2. The van der Waals surface area contributed by atoms with E-state index in [1.54, 1.807) is 20.8 Å². The molecule has 1 amide bonds. The fraction of sp³-hybridized carbons (Fsp3) is 0.357. The highest BCUT2D eigenvalue weighted by atomic mass is 16.6. The van der Waals surface area contributed by atoms with Crippen molar-refractivity contribution in [3.05, 3.63) is 29.8 Å². The molecule has 6 heteroatoms. The van der Waals surface area contributed by atoms with Crippen LogP contribution in [-0.2, 0) is 4.74 Å². The van der Waals surface area contributed by atoms with Crippen LogP contribution in [0.1, 0.15) is 26.3 Å². The lowest BCUT2D eigenvalue weighted by atomic mass is 10.1. The molecule has 20 heavy (non-hydrogen) atoms. The van der Waals surface area contributed by atoms with Crippen molar-refractivity contribution in [1.82, 2.24) is 10.1 Å². The van der Waals surface area contributed by atoms with Gasteiger partial charge < -0.3 is 9.26 Å². The van der Waals surface area contributed by atoms with Crippen molar-refractivity contribution in [2.75, 3.05) is 5.32 Å². The summed E-state index contributed by atoms with van der Waals surface area (Å²) >= 11 is 0. The molecule has 0 aliphatic carbocycles. The van der Waals surface area contributed by atoms with Crippen molar-refractivity contribution >= 4 is 12.1 Å². The third-order valence-corrected chi connectivity index (χ3v) is 2.34. The van der Waals surface area contributed by atoms with Crippen LogP contribution in [0.25, 0.3) is 11.4 Å². The normalized spacial score (nSPS) is 11.2. The molecule has 1 heterocycles. The summed E-state index contributed by atoms with van der Waals surface area (Å²) in [5.74, 6) is 0.413. The maximum absolute atomic E-state index is 11.6. The third-order valence-electron chi connectivity index (χ3n) is 2.34. The molecule has 0 radical (unpaired) electrons. The number of ether oxygens (including phenoxy) is 1. The van der Waals surface area contributed by atoms with E-state index in [2.05, 4.69) is 15.5 Å². The van der Waals surface area contributed by atoms with Crippen molar-refractivity contribution < 1.29 is 14.1 Å². The van der Waals surface area contributed by atoms with Crippen LogP contribution in [0.4, 0.5) is 10.8 Å². The molecule has 1 N–H and O–H groups in total. The zero-order valence-corrected chi connectivity index (χ0v) is 11.9. The summed E-state index contributed by atoms with van der Waals surface area (Å²) in [4.78, 5) is 15.6. The fourth-order valence-electron chi connectivity index (χ4n) is 1.49. The minimum absolute atomic E-state index is 0.00910. The quantitative estimate of drug-likeness (QED) is 0.908. The lowest BCUT2D eigenvalue weighted by Gasteiger charge is -2.18. The summed E-state index contributed by atoms with van der Waals surface area (Å²) in [5.41, 5.74) is 1.38. The van der Waals surface area contributed by atoms with Gasteiger partial charge in [-0.15, -0.1) is 0 Å². The number of anilines is 1. The molecule has 0 spiro atoms. The minimum atomic E-state index is -0.628. The number of hydrogen-bond donors (Lipinski definition) is 1.